The summed E-state index contributed by atoms with van der Waals surface area (Å²) in [6.45, 7) is 10.5. The first-order chi connectivity index (χ1) is 7.26. The summed E-state index contributed by atoms with van der Waals surface area (Å²) in [5.74, 6) is 0.884. The van der Waals surface area contributed by atoms with Crippen LogP contribution >= 0.6 is 0 Å². The molecule has 0 bridgehead atoms. The monoisotopic (exact) mass is 241 g/mol. The molecule has 1 nitrogen and oxygen atoms in total. The van der Waals surface area contributed by atoms with Gasteiger partial charge in [0.2, 0.25) is 0 Å². The minimum absolute atomic E-state index is 0.466. The minimum Gasteiger partial charge on any atom is -0.295 e. The molecular formula is C12H26F3N. The van der Waals surface area contributed by atoms with Gasteiger partial charge in [0, 0.05) is 0 Å². The zero-order valence-corrected chi connectivity index (χ0v) is 11.2. The summed E-state index contributed by atoms with van der Waals surface area (Å²) >= 11 is 0. The van der Waals surface area contributed by atoms with Gasteiger partial charge in [-0.05, 0) is 25.4 Å². The Morgan fingerprint density at radius 3 is 1.69 bits per heavy atom. The van der Waals surface area contributed by atoms with Gasteiger partial charge in [0.15, 0.2) is 0 Å². The summed E-state index contributed by atoms with van der Waals surface area (Å²) < 4.78 is 35.3. The van der Waals surface area contributed by atoms with E-state index in [-0.39, 0.29) is 0 Å². The van der Waals surface area contributed by atoms with Gasteiger partial charge in [-0.25, -0.2) is 0 Å². The molecule has 4 heteroatoms. The predicted molar refractivity (Wildman–Crippen MR) is 63.6 cm³/mol. The van der Waals surface area contributed by atoms with Crippen LogP contribution in [0.15, 0.2) is 0 Å². The lowest BCUT2D eigenvalue weighted by Crippen LogP contribution is -2.34. The number of hydrogen-bond donors (Lipinski definition) is 0. The van der Waals surface area contributed by atoms with Gasteiger partial charge in [0.1, 0.15) is 0 Å². The van der Waals surface area contributed by atoms with E-state index in [4.69, 9.17) is 0 Å². The normalized spacial score (nSPS) is 11.6. The molecule has 0 aliphatic rings. The molecule has 0 unspecified atom stereocenters. The van der Waals surface area contributed by atoms with Gasteiger partial charge in [0.25, 0.3) is 0 Å². The lowest BCUT2D eigenvalue weighted by molar-refractivity contribution is -0.145. The summed E-state index contributed by atoms with van der Waals surface area (Å²) in [6.07, 6.45) is -1.98. The van der Waals surface area contributed by atoms with Crippen LogP contribution in [0.25, 0.3) is 0 Å². The SMILES string of the molecule is CCC(C)C.CCCN(CC)CC(F)(F)F. The molecule has 16 heavy (non-hydrogen) atoms. The highest BCUT2D eigenvalue weighted by Gasteiger charge is 2.29. The molecule has 0 rings (SSSR count). The Kier molecular flexibility index (Phi) is 11.3. The summed E-state index contributed by atoms with van der Waals surface area (Å²) in [5.41, 5.74) is 0. The molecular weight excluding hydrogens is 215 g/mol. The highest BCUT2D eigenvalue weighted by molar-refractivity contribution is 4.60. The van der Waals surface area contributed by atoms with Crippen molar-refractivity contribution in [3.8, 4) is 0 Å². The molecule has 0 aliphatic heterocycles. The van der Waals surface area contributed by atoms with Gasteiger partial charge in [-0.1, -0.05) is 41.0 Å². The lowest BCUT2D eigenvalue weighted by Gasteiger charge is -2.20. The van der Waals surface area contributed by atoms with Crippen molar-refractivity contribution in [3.05, 3.63) is 0 Å². The molecule has 0 saturated heterocycles. The van der Waals surface area contributed by atoms with Crippen LogP contribution in [0, 0.1) is 5.92 Å². The van der Waals surface area contributed by atoms with Crippen LogP contribution in [-0.2, 0) is 0 Å². The van der Waals surface area contributed by atoms with E-state index in [9.17, 15) is 13.2 Å². The standard InChI is InChI=1S/C7H14F3N.C5H12/c1-3-5-11(4-2)6-7(8,9)10;1-4-5(2)3/h3-6H2,1-2H3;5H,4H2,1-3H3. The Balaban J connectivity index is 0. The van der Waals surface area contributed by atoms with E-state index in [1.807, 2.05) is 6.92 Å². The lowest BCUT2D eigenvalue weighted by atomic mass is 10.2. The van der Waals surface area contributed by atoms with Gasteiger partial charge in [-0.15, -0.1) is 0 Å². The van der Waals surface area contributed by atoms with Gasteiger partial charge in [0.05, 0.1) is 6.54 Å². The first-order valence-corrected chi connectivity index (χ1v) is 6.05. The Morgan fingerprint density at radius 1 is 1.06 bits per heavy atom. The maximum Gasteiger partial charge on any atom is 0.401 e. The van der Waals surface area contributed by atoms with Crippen molar-refractivity contribution < 1.29 is 13.2 Å². The smallest absolute Gasteiger partial charge is 0.295 e. The summed E-state index contributed by atoms with van der Waals surface area (Å²) in [4.78, 5) is 1.39. The first-order valence-electron chi connectivity index (χ1n) is 6.05. The fraction of sp³-hybridized carbons (Fsp3) is 1.00. The zero-order valence-electron chi connectivity index (χ0n) is 11.2. The van der Waals surface area contributed by atoms with Crippen LogP contribution in [0.3, 0.4) is 0 Å². The molecule has 0 amide bonds. The number of halogens is 3. The van der Waals surface area contributed by atoms with E-state index in [1.54, 1.807) is 6.92 Å². The maximum atomic E-state index is 11.8. The van der Waals surface area contributed by atoms with Crippen LogP contribution in [0.5, 0.6) is 0 Å². The zero-order chi connectivity index (χ0) is 13.2. The van der Waals surface area contributed by atoms with Crippen LogP contribution < -0.4 is 0 Å². The molecule has 0 atom stereocenters. The molecule has 0 radical (unpaired) electrons. The quantitative estimate of drug-likeness (QED) is 0.692. The van der Waals surface area contributed by atoms with E-state index < -0.39 is 12.7 Å². The van der Waals surface area contributed by atoms with Crippen molar-refractivity contribution in [1.82, 2.24) is 4.90 Å². The molecule has 0 aromatic rings. The second kappa shape index (κ2) is 9.94. The average Bonchev–Trinajstić information content (AvgIpc) is 2.16. The maximum absolute atomic E-state index is 11.8. The van der Waals surface area contributed by atoms with E-state index in [0.29, 0.717) is 13.1 Å². The van der Waals surface area contributed by atoms with Crippen molar-refractivity contribution >= 4 is 0 Å². The Bertz CT molecular complexity index is 144. The van der Waals surface area contributed by atoms with Crippen molar-refractivity contribution in [1.29, 1.82) is 0 Å². The third-order valence-electron chi connectivity index (χ3n) is 2.21. The molecule has 0 heterocycles. The van der Waals surface area contributed by atoms with Crippen LogP contribution in [-0.4, -0.2) is 30.7 Å². The average molecular weight is 241 g/mol. The van der Waals surface area contributed by atoms with Crippen molar-refractivity contribution in [2.45, 2.75) is 53.6 Å². The third-order valence-corrected chi connectivity index (χ3v) is 2.21. The van der Waals surface area contributed by atoms with Crippen LogP contribution in [0.2, 0.25) is 0 Å². The predicted octanol–water partition coefficient (Wildman–Crippen LogP) is 4.33. The Morgan fingerprint density at radius 2 is 1.50 bits per heavy atom. The second-order valence-electron chi connectivity index (χ2n) is 4.29. The van der Waals surface area contributed by atoms with Crippen LogP contribution in [0.1, 0.15) is 47.5 Å². The van der Waals surface area contributed by atoms with Gasteiger partial charge < -0.3 is 0 Å². The van der Waals surface area contributed by atoms with Gasteiger partial charge in [-0.3, -0.25) is 4.90 Å². The number of hydrogen-bond acceptors (Lipinski definition) is 1. The molecule has 0 aromatic heterocycles. The number of nitrogens with zero attached hydrogens (tertiary/aromatic N) is 1. The van der Waals surface area contributed by atoms with Gasteiger partial charge in [-0.2, -0.15) is 13.2 Å². The van der Waals surface area contributed by atoms with E-state index in [2.05, 4.69) is 20.8 Å². The van der Waals surface area contributed by atoms with Gasteiger partial charge >= 0.3 is 6.18 Å². The van der Waals surface area contributed by atoms with Crippen LogP contribution in [0.4, 0.5) is 13.2 Å². The Labute approximate surface area is 98.0 Å². The molecule has 0 spiro atoms. The summed E-state index contributed by atoms with van der Waals surface area (Å²) in [7, 11) is 0. The van der Waals surface area contributed by atoms with Crippen molar-refractivity contribution in [2.75, 3.05) is 19.6 Å². The molecule has 0 saturated carbocycles. The fourth-order valence-electron chi connectivity index (χ4n) is 0.919. The largest absolute Gasteiger partial charge is 0.401 e. The molecule has 100 valence electrons. The molecule has 0 fully saturated rings. The van der Waals surface area contributed by atoms with E-state index in [1.165, 1.54) is 11.3 Å². The number of rotatable bonds is 5. The fourth-order valence-corrected chi connectivity index (χ4v) is 0.919. The Hall–Kier alpha value is -0.250. The second-order valence-corrected chi connectivity index (χ2v) is 4.29. The highest BCUT2D eigenvalue weighted by Crippen LogP contribution is 2.16. The van der Waals surface area contributed by atoms with E-state index in [0.717, 1.165) is 12.3 Å². The first kappa shape index (κ1) is 18.1. The molecule has 0 N–H and O–H groups in total. The summed E-state index contributed by atoms with van der Waals surface area (Å²) in [6, 6.07) is 0. The molecule has 0 aromatic carbocycles. The number of alkyl halides is 3. The third kappa shape index (κ3) is 16.2. The highest BCUT2D eigenvalue weighted by atomic mass is 19.4. The minimum atomic E-state index is -4.05. The van der Waals surface area contributed by atoms with E-state index >= 15 is 0 Å². The summed E-state index contributed by atoms with van der Waals surface area (Å²) in [5, 5.41) is 0. The topological polar surface area (TPSA) is 3.24 Å². The van der Waals surface area contributed by atoms with Crippen molar-refractivity contribution in [2.24, 2.45) is 5.92 Å². The van der Waals surface area contributed by atoms with Crippen molar-refractivity contribution in [3.63, 3.8) is 0 Å². The molecule has 0 aliphatic carbocycles.